The van der Waals surface area contributed by atoms with Crippen LogP contribution in [0, 0.1) is 11.7 Å². The lowest BCUT2D eigenvalue weighted by atomic mass is 10.1. The molecule has 10 heteroatoms. The molecule has 4 rings (SSSR count). The first-order valence-corrected chi connectivity index (χ1v) is 14.0. The van der Waals surface area contributed by atoms with E-state index in [1.807, 2.05) is 10.6 Å². The van der Waals surface area contributed by atoms with Gasteiger partial charge < -0.3 is 14.6 Å². The predicted octanol–water partition coefficient (Wildman–Crippen LogP) is 5.39. The Morgan fingerprint density at radius 2 is 1.88 bits per heavy atom. The number of hydrogen-bond donors (Lipinski definition) is 1. The number of nitrogens with one attached hydrogen (secondary N) is 1. The summed E-state index contributed by atoms with van der Waals surface area (Å²) in [7, 11) is 1.28. The number of aliphatic imine (C=N–C) groups is 1. The highest BCUT2D eigenvalue weighted by molar-refractivity contribution is 7.71. The standard InChI is InChI=1S/C30H35N5O4S/c1-5-10-23(32-26-19(3)28(37)35(22-14-15-22)30(40)34(26)17-6-2)21-13-16-24(31-18-21)27(36)33-25(29(38)39-4)20-11-8-7-9-12-20/h7-9,11-13,16,18,22,25H,5-6,10,14-15,17H2,1-4H3,(H,33,36)/b32-23+/t25-/m1/s1. The van der Waals surface area contributed by atoms with E-state index in [0.29, 0.717) is 34.7 Å². The lowest BCUT2D eigenvalue weighted by molar-refractivity contribution is -0.143. The first-order valence-electron chi connectivity index (χ1n) is 13.6. The number of esters is 1. The molecule has 1 amide bonds. The third-order valence-corrected chi connectivity index (χ3v) is 7.25. The van der Waals surface area contributed by atoms with E-state index in [1.54, 1.807) is 54.1 Å². The van der Waals surface area contributed by atoms with Crippen molar-refractivity contribution in [3.63, 3.8) is 0 Å². The molecule has 0 unspecified atom stereocenters. The maximum Gasteiger partial charge on any atom is 0.333 e. The number of rotatable bonds is 11. The van der Waals surface area contributed by atoms with E-state index in [4.69, 9.17) is 21.9 Å². The SMILES string of the molecule is CCC/C(=N\c1c(C)c(=O)n(C2CC2)c(=S)n1CCC)c1ccc(C(=O)N[C@@H](C(=O)OC)c2ccccc2)nc1. The second-order valence-electron chi connectivity index (χ2n) is 9.87. The molecule has 2 aromatic heterocycles. The molecule has 0 spiro atoms. The van der Waals surface area contributed by atoms with E-state index in [2.05, 4.69) is 24.1 Å². The zero-order valence-corrected chi connectivity index (χ0v) is 24.2. The summed E-state index contributed by atoms with van der Waals surface area (Å²) in [6.45, 7) is 6.59. The van der Waals surface area contributed by atoms with Crippen LogP contribution in [0.1, 0.15) is 85.2 Å². The number of carbonyl (C=O) groups excluding carboxylic acids is 2. The number of amides is 1. The van der Waals surface area contributed by atoms with Crippen LogP contribution in [-0.2, 0) is 16.1 Å². The molecule has 0 saturated heterocycles. The summed E-state index contributed by atoms with van der Waals surface area (Å²) < 4.78 is 9.11. The zero-order chi connectivity index (χ0) is 28.8. The molecule has 1 saturated carbocycles. The van der Waals surface area contributed by atoms with Crippen molar-refractivity contribution in [2.45, 2.75) is 71.5 Å². The molecular formula is C30H35N5O4S. The van der Waals surface area contributed by atoms with E-state index in [9.17, 15) is 14.4 Å². The Bertz CT molecular complexity index is 1520. The third-order valence-electron chi connectivity index (χ3n) is 6.83. The summed E-state index contributed by atoms with van der Waals surface area (Å²) in [5.74, 6) is -0.507. The van der Waals surface area contributed by atoms with Crippen molar-refractivity contribution in [3.8, 4) is 0 Å². The maximum absolute atomic E-state index is 13.2. The Morgan fingerprint density at radius 3 is 2.45 bits per heavy atom. The Labute approximate surface area is 238 Å². The van der Waals surface area contributed by atoms with Crippen molar-refractivity contribution in [1.82, 2.24) is 19.4 Å². The van der Waals surface area contributed by atoms with Gasteiger partial charge in [0.25, 0.3) is 11.5 Å². The second kappa shape index (κ2) is 13.0. The summed E-state index contributed by atoms with van der Waals surface area (Å²) in [4.78, 5) is 48.0. The Kier molecular flexibility index (Phi) is 9.42. The fourth-order valence-corrected chi connectivity index (χ4v) is 5.00. The quantitative estimate of drug-likeness (QED) is 0.191. The van der Waals surface area contributed by atoms with Gasteiger partial charge >= 0.3 is 5.97 Å². The first kappa shape index (κ1) is 29.1. The second-order valence-corrected chi connectivity index (χ2v) is 10.2. The van der Waals surface area contributed by atoms with Crippen molar-refractivity contribution >= 4 is 35.6 Å². The molecule has 1 N–H and O–H groups in total. The maximum atomic E-state index is 13.2. The van der Waals surface area contributed by atoms with Gasteiger partial charge in [0.15, 0.2) is 10.8 Å². The number of methoxy groups -OCH3 is 1. The Hall–Kier alpha value is -3.92. The van der Waals surface area contributed by atoms with E-state index < -0.39 is 17.9 Å². The summed E-state index contributed by atoms with van der Waals surface area (Å²) in [5, 5.41) is 2.72. The van der Waals surface area contributed by atoms with Crippen molar-refractivity contribution < 1.29 is 14.3 Å². The fraction of sp³-hybridized carbons (Fsp3) is 0.400. The number of hydrogen-bond acceptors (Lipinski definition) is 7. The van der Waals surface area contributed by atoms with Gasteiger partial charge in [0.2, 0.25) is 0 Å². The molecule has 1 atom stereocenters. The molecule has 9 nitrogen and oxygen atoms in total. The topological polar surface area (TPSA) is 108 Å². The van der Waals surface area contributed by atoms with Crippen LogP contribution in [0.4, 0.5) is 5.82 Å². The van der Waals surface area contributed by atoms with Gasteiger partial charge in [-0.15, -0.1) is 0 Å². The smallest absolute Gasteiger partial charge is 0.333 e. The molecule has 210 valence electrons. The third kappa shape index (κ3) is 6.28. The van der Waals surface area contributed by atoms with Crippen LogP contribution in [-0.4, -0.2) is 38.8 Å². The molecule has 40 heavy (non-hydrogen) atoms. The normalized spacial score (nSPS) is 14.1. The lowest BCUT2D eigenvalue weighted by Crippen LogP contribution is -2.35. The first-order chi connectivity index (χ1) is 19.3. The van der Waals surface area contributed by atoms with Crippen molar-refractivity contribution in [1.29, 1.82) is 0 Å². The van der Waals surface area contributed by atoms with Gasteiger partial charge in [-0.05, 0) is 62.5 Å². The van der Waals surface area contributed by atoms with Gasteiger partial charge in [0.1, 0.15) is 11.5 Å². The molecule has 3 aromatic rings. The monoisotopic (exact) mass is 561 g/mol. The van der Waals surface area contributed by atoms with Gasteiger partial charge in [0.05, 0.1) is 18.4 Å². The van der Waals surface area contributed by atoms with Gasteiger partial charge in [-0.2, -0.15) is 0 Å². The highest BCUT2D eigenvalue weighted by Crippen LogP contribution is 2.35. The van der Waals surface area contributed by atoms with Crippen LogP contribution in [0.25, 0.3) is 0 Å². The van der Waals surface area contributed by atoms with Gasteiger partial charge in [-0.1, -0.05) is 50.6 Å². The minimum atomic E-state index is -0.959. The van der Waals surface area contributed by atoms with Crippen molar-refractivity contribution in [3.05, 3.63) is 86.2 Å². The van der Waals surface area contributed by atoms with E-state index in [-0.39, 0.29) is 17.3 Å². The molecule has 0 bridgehead atoms. The average molecular weight is 562 g/mol. The number of benzene rings is 1. The molecule has 1 aliphatic rings. The van der Waals surface area contributed by atoms with Crippen molar-refractivity contribution in [2.24, 2.45) is 4.99 Å². The van der Waals surface area contributed by atoms with Gasteiger partial charge in [0, 0.05) is 24.3 Å². The number of ether oxygens (including phenoxy) is 1. The van der Waals surface area contributed by atoms with Crippen LogP contribution in [0.3, 0.4) is 0 Å². The Morgan fingerprint density at radius 1 is 1.15 bits per heavy atom. The van der Waals surface area contributed by atoms with Crippen LogP contribution in [0.2, 0.25) is 0 Å². The summed E-state index contributed by atoms with van der Waals surface area (Å²) in [6, 6.07) is 11.5. The minimum absolute atomic E-state index is 0.0850. The van der Waals surface area contributed by atoms with Gasteiger partial charge in [-0.25, -0.2) is 9.79 Å². The van der Waals surface area contributed by atoms with Gasteiger partial charge in [-0.3, -0.25) is 19.1 Å². The summed E-state index contributed by atoms with van der Waals surface area (Å²) >= 11 is 5.75. The number of pyridine rings is 1. The van der Waals surface area contributed by atoms with Crippen LogP contribution >= 0.6 is 12.2 Å². The molecule has 1 fully saturated rings. The number of aromatic nitrogens is 3. The van der Waals surface area contributed by atoms with E-state index in [0.717, 1.165) is 37.0 Å². The van der Waals surface area contributed by atoms with Crippen LogP contribution in [0.5, 0.6) is 0 Å². The fourth-order valence-electron chi connectivity index (χ4n) is 4.59. The number of nitrogens with zero attached hydrogens (tertiary/aromatic N) is 4. The molecule has 0 aliphatic heterocycles. The number of carbonyl (C=O) groups is 2. The van der Waals surface area contributed by atoms with Crippen LogP contribution < -0.4 is 10.9 Å². The molecule has 2 heterocycles. The molecule has 1 aromatic carbocycles. The Balaban J connectivity index is 1.66. The lowest BCUT2D eigenvalue weighted by Gasteiger charge is -2.18. The van der Waals surface area contributed by atoms with E-state index >= 15 is 0 Å². The molecular weight excluding hydrogens is 526 g/mol. The summed E-state index contributed by atoms with van der Waals surface area (Å²) in [5.41, 5.74) is 2.74. The van der Waals surface area contributed by atoms with E-state index in [1.165, 1.54) is 7.11 Å². The highest BCUT2D eigenvalue weighted by Gasteiger charge is 2.28. The molecule has 0 radical (unpaired) electrons. The largest absolute Gasteiger partial charge is 0.467 e. The minimum Gasteiger partial charge on any atom is -0.467 e. The van der Waals surface area contributed by atoms with Crippen LogP contribution in [0.15, 0.2) is 58.4 Å². The van der Waals surface area contributed by atoms with Crippen molar-refractivity contribution in [2.75, 3.05) is 7.11 Å². The predicted molar refractivity (Wildman–Crippen MR) is 157 cm³/mol. The molecule has 1 aliphatic carbocycles. The average Bonchev–Trinajstić information content (AvgIpc) is 3.81. The highest BCUT2D eigenvalue weighted by atomic mass is 32.1. The summed E-state index contributed by atoms with van der Waals surface area (Å²) in [6.07, 6.45) is 5.86. The zero-order valence-electron chi connectivity index (χ0n) is 23.3.